The van der Waals surface area contributed by atoms with Crippen LogP contribution < -0.4 is 5.32 Å². The minimum Gasteiger partial charge on any atom is -0.377 e. The molecule has 3 heteroatoms. The van der Waals surface area contributed by atoms with Crippen LogP contribution in [0.25, 0.3) is 0 Å². The van der Waals surface area contributed by atoms with Crippen LogP contribution in [0.2, 0.25) is 0 Å². The molecule has 0 radical (unpaired) electrons. The number of hydrogen-bond donors (Lipinski definition) is 1. The number of halogens is 1. The van der Waals surface area contributed by atoms with Crippen LogP contribution in [-0.2, 0) is 4.74 Å². The molecule has 19 heavy (non-hydrogen) atoms. The fourth-order valence-corrected chi connectivity index (χ4v) is 2.29. The lowest BCUT2D eigenvalue weighted by atomic mass is 9.86. The van der Waals surface area contributed by atoms with E-state index in [0.717, 1.165) is 24.9 Å². The summed E-state index contributed by atoms with van der Waals surface area (Å²) in [5.74, 6) is -0.170. The molecule has 0 amide bonds. The predicted octanol–water partition coefficient (Wildman–Crippen LogP) is 3.99. The molecule has 1 N–H and O–H groups in total. The van der Waals surface area contributed by atoms with E-state index >= 15 is 0 Å². The van der Waals surface area contributed by atoms with E-state index in [1.54, 1.807) is 13.2 Å². The molecule has 0 heterocycles. The molecule has 0 spiro atoms. The van der Waals surface area contributed by atoms with Crippen LogP contribution in [0.3, 0.4) is 0 Å². The van der Waals surface area contributed by atoms with Crippen LogP contribution in [0.15, 0.2) is 18.2 Å². The van der Waals surface area contributed by atoms with E-state index in [1.165, 1.54) is 6.07 Å². The Kier molecular flexibility index (Phi) is 5.95. The lowest BCUT2D eigenvalue weighted by Crippen LogP contribution is -2.43. The number of aryl methyl sites for hydroxylation is 1. The van der Waals surface area contributed by atoms with Gasteiger partial charge in [-0.2, -0.15) is 0 Å². The molecule has 108 valence electrons. The maximum atomic E-state index is 14.2. The van der Waals surface area contributed by atoms with Gasteiger partial charge in [0.1, 0.15) is 5.82 Å². The summed E-state index contributed by atoms with van der Waals surface area (Å²) in [5.41, 5.74) is 1.35. The van der Waals surface area contributed by atoms with Crippen LogP contribution in [0.5, 0.6) is 0 Å². The van der Waals surface area contributed by atoms with E-state index in [9.17, 15) is 4.39 Å². The third kappa shape index (κ3) is 3.77. The molecule has 1 rings (SSSR count). The summed E-state index contributed by atoms with van der Waals surface area (Å²) in [4.78, 5) is 0. The molecule has 2 unspecified atom stereocenters. The first-order chi connectivity index (χ1) is 8.98. The lowest BCUT2D eigenvalue weighted by molar-refractivity contribution is -0.0308. The highest BCUT2D eigenvalue weighted by atomic mass is 19.1. The van der Waals surface area contributed by atoms with Gasteiger partial charge in [-0.15, -0.1) is 0 Å². The van der Waals surface area contributed by atoms with Gasteiger partial charge in [-0.3, -0.25) is 0 Å². The van der Waals surface area contributed by atoms with Gasteiger partial charge in [0.25, 0.3) is 0 Å². The van der Waals surface area contributed by atoms with Gasteiger partial charge >= 0.3 is 0 Å². The van der Waals surface area contributed by atoms with E-state index in [0.29, 0.717) is 5.56 Å². The summed E-state index contributed by atoms with van der Waals surface area (Å²) in [5, 5.41) is 3.43. The largest absolute Gasteiger partial charge is 0.377 e. The molecule has 0 aliphatic heterocycles. The first-order valence-electron chi connectivity index (χ1n) is 7.03. The first-order valence-corrected chi connectivity index (χ1v) is 7.03. The second-order valence-electron chi connectivity index (χ2n) is 5.28. The number of benzene rings is 1. The molecular weight excluding hydrogens is 241 g/mol. The highest BCUT2D eigenvalue weighted by molar-refractivity contribution is 5.29. The zero-order valence-electron chi connectivity index (χ0n) is 12.7. The molecule has 0 fully saturated rings. The highest BCUT2D eigenvalue weighted by Crippen LogP contribution is 2.33. The van der Waals surface area contributed by atoms with Gasteiger partial charge in [-0.1, -0.05) is 31.5 Å². The maximum absolute atomic E-state index is 14.2. The van der Waals surface area contributed by atoms with Crippen LogP contribution in [0, 0.1) is 12.7 Å². The monoisotopic (exact) mass is 267 g/mol. The van der Waals surface area contributed by atoms with Gasteiger partial charge in [0.15, 0.2) is 0 Å². The Balaban J connectivity index is 3.18. The average molecular weight is 267 g/mol. The predicted molar refractivity (Wildman–Crippen MR) is 77.9 cm³/mol. The standard InChI is InChI=1S/C16H26FNO/c1-6-10-18-15(16(4,7-2)19-5)13-11-12(3)8-9-14(13)17/h8-9,11,15,18H,6-7,10H2,1-5H3. The van der Waals surface area contributed by atoms with Crippen molar-refractivity contribution in [3.63, 3.8) is 0 Å². The van der Waals surface area contributed by atoms with Gasteiger partial charge in [0, 0.05) is 12.7 Å². The Morgan fingerprint density at radius 3 is 2.58 bits per heavy atom. The quantitative estimate of drug-likeness (QED) is 0.806. The van der Waals surface area contributed by atoms with Gasteiger partial charge in [0.2, 0.25) is 0 Å². The Morgan fingerprint density at radius 2 is 2.05 bits per heavy atom. The maximum Gasteiger partial charge on any atom is 0.128 e. The topological polar surface area (TPSA) is 21.3 Å². The molecule has 0 saturated carbocycles. The number of ether oxygens (including phenoxy) is 1. The Bertz CT molecular complexity index is 402. The fraction of sp³-hybridized carbons (Fsp3) is 0.625. The minimum atomic E-state index is -0.413. The molecule has 0 saturated heterocycles. The third-order valence-corrected chi connectivity index (χ3v) is 3.84. The van der Waals surface area contributed by atoms with Crippen molar-refractivity contribution < 1.29 is 9.13 Å². The van der Waals surface area contributed by atoms with Gasteiger partial charge in [-0.25, -0.2) is 4.39 Å². The third-order valence-electron chi connectivity index (χ3n) is 3.84. The van der Waals surface area contributed by atoms with Crippen molar-refractivity contribution in [1.82, 2.24) is 5.32 Å². The van der Waals surface area contributed by atoms with Crippen molar-refractivity contribution in [1.29, 1.82) is 0 Å². The van der Waals surface area contributed by atoms with Crippen LogP contribution in [0.4, 0.5) is 4.39 Å². The zero-order valence-corrected chi connectivity index (χ0v) is 12.7. The van der Waals surface area contributed by atoms with Crippen LogP contribution >= 0.6 is 0 Å². The summed E-state index contributed by atoms with van der Waals surface area (Å²) in [6.07, 6.45) is 1.83. The molecule has 0 aromatic heterocycles. The van der Waals surface area contributed by atoms with Crippen molar-refractivity contribution in [2.45, 2.75) is 52.2 Å². The minimum absolute atomic E-state index is 0.137. The molecule has 0 bridgehead atoms. The van der Waals surface area contributed by atoms with Crippen molar-refractivity contribution in [3.05, 3.63) is 35.1 Å². The molecule has 2 atom stereocenters. The SMILES string of the molecule is CCCNC(c1cc(C)ccc1F)C(C)(CC)OC. The smallest absolute Gasteiger partial charge is 0.128 e. The Labute approximate surface area is 116 Å². The van der Waals surface area contributed by atoms with E-state index < -0.39 is 5.60 Å². The molecule has 2 nitrogen and oxygen atoms in total. The normalized spacial score (nSPS) is 16.1. The van der Waals surface area contributed by atoms with E-state index in [-0.39, 0.29) is 11.9 Å². The number of methoxy groups -OCH3 is 1. The van der Waals surface area contributed by atoms with Gasteiger partial charge in [-0.05, 0) is 39.3 Å². The summed E-state index contributed by atoms with van der Waals surface area (Å²) >= 11 is 0. The van der Waals surface area contributed by atoms with Crippen LogP contribution in [0.1, 0.15) is 50.8 Å². The van der Waals surface area contributed by atoms with E-state index in [1.807, 2.05) is 19.9 Å². The molecule has 1 aromatic rings. The number of rotatable bonds is 7. The summed E-state index contributed by atoms with van der Waals surface area (Å²) in [6, 6.07) is 5.11. The van der Waals surface area contributed by atoms with E-state index in [2.05, 4.69) is 19.2 Å². The highest BCUT2D eigenvalue weighted by Gasteiger charge is 2.35. The molecule has 0 aliphatic carbocycles. The summed E-state index contributed by atoms with van der Waals surface area (Å²) < 4.78 is 19.8. The van der Waals surface area contributed by atoms with Gasteiger partial charge < -0.3 is 10.1 Å². The van der Waals surface area contributed by atoms with Crippen LogP contribution in [-0.4, -0.2) is 19.3 Å². The van der Waals surface area contributed by atoms with E-state index in [4.69, 9.17) is 4.74 Å². The second-order valence-corrected chi connectivity index (χ2v) is 5.28. The van der Waals surface area contributed by atoms with Crippen molar-refractivity contribution in [3.8, 4) is 0 Å². The number of nitrogens with one attached hydrogen (secondary N) is 1. The van der Waals surface area contributed by atoms with Crippen molar-refractivity contribution >= 4 is 0 Å². The molecule has 0 aliphatic rings. The second kappa shape index (κ2) is 7.01. The fourth-order valence-electron chi connectivity index (χ4n) is 2.29. The number of hydrogen-bond acceptors (Lipinski definition) is 2. The molecular formula is C16H26FNO. The summed E-state index contributed by atoms with van der Waals surface area (Å²) in [6.45, 7) is 9.03. The lowest BCUT2D eigenvalue weighted by Gasteiger charge is -2.37. The summed E-state index contributed by atoms with van der Waals surface area (Å²) in [7, 11) is 1.69. The Morgan fingerprint density at radius 1 is 1.37 bits per heavy atom. The zero-order chi connectivity index (χ0) is 14.5. The van der Waals surface area contributed by atoms with Gasteiger partial charge in [0.05, 0.1) is 11.6 Å². The van der Waals surface area contributed by atoms with Crippen molar-refractivity contribution in [2.75, 3.05) is 13.7 Å². The van der Waals surface area contributed by atoms with Crippen molar-refractivity contribution in [2.24, 2.45) is 0 Å². The Hall–Kier alpha value is -0.930. The average Bonchev–Trinajstić information content (AvgIpc) is 2.42. The first kappa shape index (κ1) is 16.1. The molecule has 1 aromatic carbocycles.